The predicted molar refractivity (Wildman–Crippen MR) is 194 cm³/mol. The second-order valence-corrected chi connectivity index (χ2v) is 13.3. The summed E-state index contributed by atoms with van der Waals surface area (Å²) in [5, 5.41) is 25.8. The van der Waals surface area contributed by atoms with Crippen molar-refractivity contribution in [3.05, 3.63) is 132 Å². The summed E-state index contributed by atoms with van der Waals surface area (Å²) in [4.78, 5) is 0. The van der Waals surface area contributed by atoms with Crippen LogP contribution in [0.25, 0.3) is 76.9 Å². The van der Waals surface area contributed by atoms with Gasteiger partial charge in [-0.05, 0) is 65.6 Å². The van der Waals surface area contributed by atoms with E-state index in [9.17, 15) is 5.26 Å². The van der Waals surface area contributed by atoms with E-state index in [1.165, 1.54) is 11.8 Å². The second kappa shape index (κ2) is 9.69. The molecule has 6 aromatic carbocycles. The Hall–Kier alpha value is -6.12. The lowest BCUT2D eigenvalue weighted by Gasteiger charge is -2.19. The van der Waals surface area contributed by atoms with Crippen LogP contribution in [0.3, 0.4) is 0 Å². The molecule has 9 rings (SSSR count). The summed E-state index contributed by atoms with van der Waals surface area (Å²) in [5.41, 5.74) is 9.65. The Bertz CT molecular complexity index is 2760. The maximum atomic E-state index is 10.7. The van der Waals surface area contributed by atoms with Crippen LogP contribution in [-0.2, 0) is 5.41 Å². The fourth-order valence-corrected chi connectivity index (χ4v) is 7.37. The molecule has 47 heavy (non-hydrogen) atoms. The van der Waals surface area contributed by atoms with E-state index < -0.39 is 0 Å². The summed E-state index contributed by atoms with van der Waals surface area (Å²) in [5.74, 6) is 0. The average molecular weight is 607 g/mol. The van der Waals surface area contributed by atoms with Crippen LogP contribution in [0.2, 0.25) is 0 Å². The van der Waals surface area contributed by atoms with Gasteiger partial charge in [-0.1, -0.05) is 81.4 Å². The second-order valence-electron chi connectivity index (χ2n) is 13.3. The van der Waals surface area contributed by atoms with Crippen LogP contribution in [0, 0.1) is 16.7 Å². The molecule has 0 unspecified atom stereocenters. The Morgan fingerprint density at radius 2 is 1.26 bits per heavy atom. The van der Waals surface area contributed by atoms with Crippen molar-refractivity contribution in [1.29, 1.82) is 10.7 Å². The number of hydrogen-bond donors (Lipinski definition) is 1. The molecule has 5 nitrogen and oxygen atoms in total. The number of hydrogen-bond acceptors (Lipinski definition) is 3. The van der Waals surface area contributed by atoms with Crippen molar-refractivity contribution in [2.24, 2.45) is 0 Å². The summed E-state index contributed by atoms with van der Waals surface area (Å²) in [6, 6.07) is 42.1. The Morgan fingerprint density at radius 3 is 1.94 bits per heavy atom. The van der Waals surface area contributed by atoms with Gasteiger partial charge in [-0.25, -0.2) is 0 Å². The smallest absolute Gasteiger partial charge is 0.145 e. The monoisotopic (exact) mass is 606 g/mol. The van der Waals surface area contributed by atoms with Crippen molar-refractivity contribution in [2.75, 3.05) is 0 Å². The lowest BCUT2D eigenvalue weighted by molar-refractivity contribution is 0.591. The van der Waals surface area contributed by atoms with Crippen molar-refractivity contribution in [3.63, 3.8) is 0 Å². The first-order chi connectivity index (χ1) is 22.9. The third-order valence-corrected chi connectivity index (χ3v) is 9.62. The lowest BCUT2D eigenvalue weighted by atomic mass is 9.86. The molecule has 224 valence electrons. The molecular formula is C42H30N4O. The zero-order chi connectivity index (χ0) is 32.0. The van der Waals surface area contributed by atoms with Gasteiger partial charge in [0, 0.05) is 38.7 Å². The number of fused-ring (bicyclic) bond motifs is 10. The fraction of sp³-hybridized carbons (Fsp3) is 0.0952. The Labute approximate surface area is 271 Å². The molecule has 0 aliphatic carbocycles. The van der Waals surface area contributed by atoms with Crippen LogP contribution in [0.1, 0.15) is 37.5 Å². The number of nitriles is 1. The minimum absolute atomic E-state index is 0.0531. The van der Waals surface area contributed by atoms with Crippen LogP contribution < -0.4 is 0 Å². The molecule has 0 spiro atoms. The molecule has 0 saturated heterocycles. The Morgan fingerprint density at radius 1 is 0.638 bits per heavy atom. The van der Waals surface area contributed by atoms with Crippen LogP contribution >= 0.6 is 0 Å². The van der Waals surface area contributed by atoms with Gasteiger partial charge < -0.3 is 19.0 Å². The molecule has 0 amide bonds. The maximum Gasteiger partial charge on any atom is 0.145 e. The van der Waals surface area contributed by atoms with Crippen molar-refractivity contribution in [1.82, 2.24) is 9.13 Å². The highest BCUT2D eigenvalue weighted by atomic mass is 16.3. The van der Waals surface area contributed by atoms with Gasteiger partial charge in [-0.3, -0.25) is 0 Å². The number of rotatable bonds is 3. The van der Waals surface area contributed by atoms with Crippen LogP contribution in [0.4, 0.5) is 0 Å². The number of furan rings is 1. The zero-order valence-corrected chi connectivity index (χ0v) is 26.3. The minimum Gasteiger partial charge on any atom is -0.455 e. The number of benzene rings is 6. The molecule has 0 aliphatic heterocycles. The summed E-state index contributed by atoms with van der Waals surface area (Å²) < 4.78 is 10.9. The molecule has 0 atom stereocenters. The predicted octanol–water partition coefficient (Wildman–Crippen LogP) is 10.9. The average Bonchev–Trinajstić information content (AvgIpc) is 3.74. The number of nitrogens with zero attached hydrogens (tertiary/aromatic N) is 3. The third kappa shape index (κ3) is 3.79. The van der Waals surface area contributed by atoms with E-state index in [0.717, 1.165) is 76.9 Å². The number of aromatic nitrogens is 2. The summed E-state index contributed by atoms with van der Waals surface area (Å²) in [6.07, 6.45) is 1.40. The SMILES string of the molecule is CC(C)(C)c1ccc2c(c1)c1c3oc4ccccc4c3ccc1n2-c1cc(C#N)c(-n2c3ccccc3c3ccccc32)cc1C=N. The van der Waals surface area contributed by atoms with Crippen LogP contribution in [-0.4, -0.2) is 15.3 Å². The van der Waals surface area contributed by atoms with Crippen molar-refractivity contribution in [2.45, 2.75) is 26.2 Å². The zero-order valence-electron chi connectivity index (χ0n) is 26.3. The first-order valence-electron chi connectivity index (χ1n) is 15.8. The van der Waals surface area contributed by atoms with E-state index >= 15 is 0 Å². The normalized spacial score (nSPS) is 12.2. The first-order valence-corrected chi connectivity index (χ1v) is 15.8. The van der Waals surface area contributed by atoms with Crippen molar-refractivity contribution in [3.8, 4) is 17.4 Å². The standard InChI is InChI=1S/C42H30N4O/c1-42(2,3)27-16-18-35-32(22-27)40-36(19-17-31-30-12-6-9-15-39(30)47-41(31)40)46(35)38-21-25(23-43)37(20-26(38)24-44)45-33-13-7-4-10-28(33)29-11-5-8-14-34(29)45/h4-22,24,44H,1-3H3. The van der Waals surface area contributed by atoms with E-state index in [1.54, 1.807) is 0 Å². The molecule has 3 heterocycles. The molecule has 9 aromatic rings. The van der Waals surface area contributed by atoms with E-state index in [2.05, 4.69) is 96.6 Å². The van der Waals surface area contributed by atoms with Crippen LogP contribution in [0.5, 0.6) is 0 Å². The Balaban J connectivity index is 1.40. The molecule has 0 saturated carbocycles. The summed E-state index contributed by atoms with van der Waals surface area (Å²) in [7, 11) is 0. The molecule has 0 bridgehead atoms. The molecular weight excluding hydrogens is 576 g/mol. The first kappa shape index (κ1) is 27.2. The van der Waals surface area contributed by atoms with Gasteiger partial charge in [0.1, 0.15) is 17.2 Å². The van der Waals surface area contributed by atoms with Gasteiger partial charge in [0.15, 0.2) is 0 Å². The highest BCUT2D eigenvalue weighted by Crippen LogP contribution is 2.43. The Kier molecular flexibility index (Phi) is 5.61. The quantitative estimate of drug-likeness (QED) is 0.203. The molecule has 3 aromatic heterocycles. The van der Waals surface area contributed by atoms with Gasteiger partial charge in [0.05, 0.1) is 44.4 Å². The highest BCUT2D eigenvalue weighted by Gasteiger charge is 2.24. The fourth-order valence-electron chi connectivity index (χ4n) is 7.37. The molecule has 0 aliphatic rings. The van der Waals surface area contributed by atoms with Crippen LogP contribution in [0.15, 0.2) is 120 Å². The van der Waals surface area contributed by atoms with Gasteiger partial charge in [0.25, 0.3) is 0 Å². The highest BCUT2D eigenvalue weighted by molar-refractivity contribution is 6.24. The maximum absolute atomic E-state index is 10.7. The molecule has 5 heteroatoms. The largest absolute Gasteiger partial charge is 0.455 e. The number of para-hydroxylation sites is 3. The van der Waals surface area contributed by atoms with E-state index in [-0.39, 0.29) is 5.41 Å². The summed E-state index contributed by atoms with van der Waals surface area (Å²) in [6.45, 7) is 6.68. The van der Waals surface area contributed by atoms with Crippen molar-refractivity contribution < 1.29 is 4.42 Å². The molecule has 1 N–H and O–H groups in total. The van der Waals surface area contributed by atoms with Gasteiger partial charge >= 0.3 is 0 Å². The van der Waals surface area contributed by atoms with Crippen molar-refractivity contribution >= 4 is 71.8 Å². The van der Waals surface area contributed by atoms with E-state index in [0.29, 0.717) is 11.1 Å². The van der Waals surface area contributed by atoms with E-state index in [4.69, 9.17) is 9.83 Å². The topological polar surface area (TPSA) is 70.6 Å². The lowest BCUT2D eigenvalue weighted by Crippen LogP contribution is -2.10. The molecule has 0 radical (unpaired) electrons. The van der Waals surface area contributed by atoms with Gasteiger partial charge in [-0.15, -0.1) is 0 Å². The van der Waals surface area contributed by atoms with E-state index in [1.807, 2.05) is 54.6 Å². The number of nitrogens with one attached hydrogen (secondary N) is 1. The summed E-state index contributed by atoms with van der Waals surface area (Å²) >= 11 is 0. The van der Waals surface area contributed by atoms with Gasteiger partial charge in [-0.2, -0.15) is 5.26 Å². The minimum atomic E-state index is -0.0531. The molecule has 0 fully saturated rings. The third-order valence-electron chi connectivity index (χ3n) is 9.62. The van der Waals surface area contributed by atoms with Gasteiger partial charge in [0.2, 0.25) is 0 Å².